The molecule has 4 unspecified atom stereocenters. The van der Waals surface area contributed by atoms with E-state index in [1.807, 2.05) is 45.2 Å². The van der Waals surface area contributed by atoms with Crippen molar-refractivity contribution in [3.05, 3.63) is 104 Å². The maximum Gasteiger partial charge on any atom is 0.407 e. The minimum atomic E-state index is -1.97. The maximum atomic E-state index is 13.9. The number of nitrogens with zero attached hydrogens (tertiary/aromatic N) is 3. The van der Waals surface area contributed by atoms with Crippen molar-refractivity contribution in [2.24, 2.45) is 0 Å². The van der Waals surface area contributed by atoms with Crippen molar-refractivity contribution in [2.75, 3.05) is 74.9 Å². The van der Waals surface area contributed by atoms with Gasteiger partial charge < -0.3 is 53.7 Å². The fraction of sp³-hybridized carbons (Fsp3) is 0.536. The highest BCUT2D eigenvalue weighted by Gasteiger charge is 2.51. The second-order valence-corrected chi connectivity index (χ2v) is 25.6. The van der Waals surface area contributed by atoms with Crippen LogP contribution >= 0.6 is 0 Å². The molecule has 0 bridgehead atoms. The van der Waals surface area contributed by atoms with Crippen LogP contribution < -0.4 is 29.6 Å². The fourth-order valence-electron chi connectivity index (χ4n) is 12.3. The van der Waals surface area contributed by atoms with Gasteiger partial charge in [0.2, 0.25) is 0 Å². The molecule has 1 fully saturated rings. The van der Waals surface area contributed by atoms with Crippen LogP contribution in [0.4, 0.5) is 4.79 Å². The Hall–Kier alpha value is -5.54. The van der Waals surface area contributed by atoms with E-state index in [-0.39, 0.29) is 48.5 Å². The standard InChI is InChI=1S/C56H75N5O10Si/c1-31(2)72(13,32(3)4)71-24-22-35-29-61(23-25-69-35)55(57-7)45-27-41-47(50(63)54(68-12)34(6)52(41)66-10)48(60(45)8)43-26-40-46(49(62)53(67-11)33(5)51(40)65-9)44(59-43)28-58-56(64)70-30-42-38-20-16-14-18-36(38)37-19-15-17-21-39(37)42/h14-21,31-32,35,42-45,48,55,59,62-63H,22-30H2,1-6,8-13H3,(H,58,64)/t35-,43?,44-,45?,48?,55?/m0/s1. The fourth-order valence-corrected chi connectivity index (χ4v) is 14.9. The first-order valence-electron chi connectivity index (χ1n) is 25.4. The number of benzene rings is 4. The Balaban J connectivity index is 1.12. The van der Waals surface area contributed by atoms with E-state index in [2.05, 4.69) is 83.8 Å². The Labute approximate surface area is 427 Å². The smallest absolute Gasteiger partial charge is 0.407 e. The monoisotopic (exact) mass is 1010 g/mol. The first kappa shape index (κ1) is 52.8. The molecule has 3 aliphatic heterocycles. The van der Waals surface area contributed by atoms with Crippen molar-refractivity contribution in [3.63, 3.8) is 0 Å². The molecule has 4 aliphatic rings. The number of carbonyl (C=O) groups excluding carboxylic acids is 1. The number of aromatic hydroxyl groups is 2. The molecule has 1 saturated heterocycles. The molecule has 6 atom stereocenters. The van der Waals surface area contributed by atoms with Crippen LogP contribution in [0.1, 0.15) is 96.6 Å². The summed E-state index contributed by atoms with van der Waals surface area (Å²) in [5, 5.41) is 31.3. The molecular formula is C56H75N5O10Si. The van der Waals surface area contributed by atoms with Gasteiger partial charge in [0.15, 0.2) is 31.3 Å². The van der Waals surface area contributed by atoms with Gasteiger partial charge in [-0.25, -0.2) is 16.3 Å². The van der Waals surface area contributed by atoms with E-state index < -0.39 is 38.7 Å². The number of alkyl carbamates (subject to hydrolysis) is 1. The zero-order valence-corrected chi connectivity index (χ0v) is 45.2. The lowest BCUT2D eigenvalue weighted by Crippen LogP contribution is -2.60. The van der Waals surface area contributed by atoms with Gasteiger partial charge in [-0.15, -0.1) is 0 Å². The lowest BCUT2D eigenvalue weighted by atomic mass is 9.77. The van der Waals surface area contributed by atoms with Crippen LogP contribution in [0.2, 0.25) is 17.6 Å². The van der Waals surface area contributed by atoms with Crippen LogP contribution in [0.3, 0.4) is 0 Å². The van der Waals surface area contributed by atoms with E-state index in [0.717, 1.165) is 39.8 Å². The highest BCUT2D eigenvalue weighted by Crippen LogP contribution is 2.54. The number of carbonyl (C=O) groups is 1. The molecule has 4 aromatic rings. The highest BCUT2D eigenvalue weighted by molar-refractivity contribution is 6.75. The Morgan fingerprint density at radius 1 is 0.861 bits per heavy atom. The normalized spacial score (nSPS) is 21.5. The predicted octanol–water partition coefficient (Wildman–Crippen LogP) is 9.19. The molecular weight excluding hydrogens is 931 g/mol. The molecule has 1 amide bonds. The summed E-state index contributed by atoms with van der Waals surface area (Å²) in [4.78, 5) is 22.7. The number of amides is 1. The topological polar surface area (TPSA) is 157 Å². The van der Waals surface area contributed by atoms with Gasteiger partial charge in [0.1, 0.15) is 24.1 Å². The maximum absolute atomic E-state index is 13.9. The van der Waals surface area contributed by atoms with Gasteiger partial charge in [-0.05, 0) is 73.6 Å². The van der Waals surface area contributed by atoms with Crippen LogP contribution in [0.15, 0.2) is 48.5 Å². The number of morpholine rings is 1. The molecule has 0 spiro atoms. The Bertz CT molecular complexity index is 2620. The van der Waals surface area contributed by atoms with E-state index in [4.69, 9.17) is 39.4 Å². The first-order chi connectivity index (χ1) is 34.5. The minimum Gasteiger partial charge on any atom is -0.504 e. The Kier molecular flexibility index (Phi) is 16.0. The molecule has 1 aliphatic carbocycles. The Morgan fingerprint density at radius 3 is 1.97 bits per heavy atom. The van der Waals surface area contributed by atoms with E-state index >= 15 is 0 Å². The summed E-state index contributed by atoms with van der Waals surface area (Å²) >= 11 is 0. The zero-order chi connectivity index (χ0) is 51.8. The van der Waals surface area contributed by atoms with Crippen LogP contribution in [0, 0.1) is 20.4 Å². The molecule has 0 saturated carbocycles. The summed E-state index contributed by atoms with van der Waals surface area (Å²) in [7, 11) is 6.31. The number of ether oxygens (including phenoxy) is 6. The third-order valence-electron chi connectivity index (χ3n) is 16.5. The molecule has 72 heavy (non-hydrogen) atoms. The largest absolute Gasteiger partial charge is 0.504 e. The number of nitrogens with one attached hydrogen (secondary N) is 2. The van der Waals surface area contributed by atoms with Crippen LogP contribution in [0.5, 0.6) is 34.5 Å². The highest BCUT2D eigenvalue weighted by atomic mass is 28.4. The Morgan fingerprint density at radius 2 is 1.42 bits per heavy atom. The summed E-state index contributed by atoms with van der Waals surface area (Å²) in [5.41, 5.74) is 9.37. The lowest BCUT2D eigenvalue weighted by molar-refractivity contribution is -0.0599. The van der Waals surface area contributed by atoms with E-state index in [1.165, 1.54) is 14.2 Å². The molecule has 0 radical (unpaired) electrons. The van der Waals surface area contributed by atoms with Crippen molar-refractivity contribution < 1.29 is 47.9 Å². The number of phenols is 2. The molecule has 8 rings (SSSR count). The van der Waals surface area contributed by atoms with Gasteiger partial charge in [-0.1, -0.05) is 76.2 Å². The van der Waals surface area contributed by atoms with Crippen LogP contribution in [-0.2, 0) is 26.7 Å². The summed E-state index contributed by atoms with van der Waals surface area (Å²) in [5.74, 6) is 1.51. The van der Waals surface area contributed by atoms with Crippen molar-refractivity contribution >= 4 is 14.4 Å². The number of methoxy groups -OCH3 is 4. The summed E-state index contributed by atoms with van der Waals surface area (Å²) < 4.78 is 43.1. The number of rotatable bonds is 17. The van der Waals surface area contributed by atoms with Crippen molar-refractivity contribution in [2.45, 2.75) is 121 Å². The zero-order valence-electron chi connectivity index (χ0n) is 44.2. The molecule has 4 N–H and O–H groups in total. The second kappa shape index (κ2) is 21.9. The summed E-state index contributed by atoms with van der Waals surface area (Å²) in [6.07, 6.45) is 0.155. The van der Waals surface area contributed by atoms with Gasteiger partial charge in [0.05, 0.1) is 53.2 Å². The molecule has 0 aromatic heterocycles. The molecule has 3 heterocycles. The van der Waals surface area contributed by atoms with Gasteiger partial charge in [-0.3, -0.25) is 9.74 Å². The predicted molar refractivity (Wildman–Crippen MR) is 280 cm³/mol. The number of fused-ring (bicyclic) bond motifs is 5. The van der Waals surface area contributed by atoms with Gasteiger partial charge in [0, 0.05) is 78.0 Å². The third-order valence-corrected chi connectivity index (χ3v) is 21.9. The third kappa shape index (κ3) is 9.48. The number of likely N-dealkylation sites (N-methyl/N-ethyl adjacent to an activating group) is 1. The van der Waals surface area contributed by atoms with Gasteiger partial charge >= 0.3 is 6.09 Å². The quantitative estimate of drug-likeness (QED) is 0.0587. The molecule has 16 heteroatoms. The van der Waals surface area contributed by atoms with Gasteiger partial charge in [-0.2, -0.15) is 0 Å². The SMILES string of the molecule is [C-]#[N+]C(C1Cc2c(OC)c(C)c(OC)c(O)c2C(C2Cc3c(OC)c(C)c(OC)c(O)c3[C@H](CNC(=O)OCC3c4ccccc4-c4ccccc43)N2)N1C)N1CCO[C@@H](CCO[Si](C)(C(C)C)C(C)C)C1. The summed E-state index contributed by atoms with van der Waals surface area (Å²) in [6.45, 7) is 26.3. The second-order valence-electron chi connectivity index (χ2n) is 20.6. The van der Waals surface area contributed by atoms with E-state index in [0.29, 0.717) is 89.7 Å². The number of hydrogen-bond donors (Lipinski definition) is 4. The average Bonchev–Trinajstić information content (AvgIpc) is 3.69. The van der Waals surface area contributed by atoms with Gasteiger partial charge in [0.25, 0.3) is 6.17 Å². The van der Waals surface area contributed by atoms with Crippen LogP contribution in [-0.4, -0.2) is 134 Å². The van der Waals surface area contributed by atoms with Crippen molar-refractivity contribution in [3.8, 4) is 45.6 Å². The number of phenolic OH excluding ortho intramolecular Hbond substituents is 2. The minimum absolute atomic E-state index is 0.00752. The molecule has 15 nitrogen and oxygen atoms in total. The van der Waals surface area contributed by atoms with Crippen molar-refractivity contribution in [1.29, 1.82) is 0 Å². The van der Waals surface area contributed by atoms with Crippen molar-refractivity contribution in [1.82, 2.24) is 20.4 Å². The van der Waals surface area contributed by atoms with E-state index in [1.54, 1.807) is 14.2 Å². The average molecular weight is 1010 g/mol. The number of hydrogen-bond acceptors (Lipinski definition) is 13. The lowest BCUT2D eigenvalue weighted by Gasteiger charge is -2.49. The summed E-state index contributed by atoms with van der Waals surface area (Å²) in [6, 6.07) is 14.2. The van der Waals surface area contributed by atoms with Crippen LogP contribution in [0.25, 0.3) is 16.0 Å². The van der Waals surface area contributed by atoms with E-state index in [9.17, 15) is 15.0 Å². The molecule has 388 valence electrons. The first-order valence-corrected chi connectivity index (χ1v) is 28.0. The molecule has 4 aromatic carbocycles.